The maximum absolute atomic E-state index is 12.7. The van der Waals surface area contributed by atoms with Crippen molar-refractivity contribution in [2.24, 2.45) is 0 Å². The van der Waals surface area contributed by atoms with E-state index in [4.69, 9.17) is 4.74 Å². The lowest BCUT2D eigenvalue weighted by molar-refractivity contribution is 0.122. The highest BCUT2D eigenvalue weighted by molar-refractivity contribution is 5.75. The summed E-state index contributed by atoms with van der Waals surface area (Å²) in [6, 6.07) is 6.76. The van der Waals surface area contributed by atoms with Gasteiger partial charge < -0.3 is 9.64 Å². The van der Waals surface area contributed by atoms with Crippen LogP contribution in [0.2, 0.25) is 0 Å². The number of nitrogens with zero attached hydrogens (tertiary/aromatic N) is 4. The second-order valence-corrected chi connectivity index (χ2v) is 8.17. The zero-order valence-electron chi connectivity index (χ0n) is 15.7. The van der Waals surface area contributed by atoms with Crippen LogP contribution >= 0.6 is 0 Å². The molecule has 1 aliphatic heterocycles. The van der Waals surface area contributed by atoms with Crippen LogP contribution < -0.4 is 10.5 Å². The maximum Gasteiger partial charge on any atom is 0.263 e. The first-order valence-corrected chi connectivity index (χ1v) is 10.2. The number of morpholine rings is 1. The van der Waals surface area contributed by atoms with Crippen LogP contribution in [0, 0.1) is 0 Å². The lowest BCUT2D eigenvalue weighted by atomic mass is 10.0. The van der Waals surface area contributed by atoms with E-state index in [-0.39, 0.29) is 5.56 Å². The molecule has 0 radical (unpaired) electrons. The number of benzene rings is 1. The fraction of sp³-hybridized carbons (Fsp3) is 0.476. The number of H-pyrrole nitrogens is 1. The Bertz CT molecular complexity index is 1100. The molecule has 3 aromatic rings. The molecule has 0 amide bonds. The summed E-state index contributed by atoms with van der Waals surface area (Å²) in [5.41, 5.74) is 4.26. The highest BCUT2D eigenvalue weighted by Gasteiger charge is 2.30. The molecule has 7 heteroatoms. The molecule has 3 aliphatic rings. The van der Waals surface area contributed by atoms with Gasteiger partial charge in [0.25, 0.3) is 5.56 Å². The van der Waals surface area contributed by atoms with Crippen LogP contribution in [0.4, 0.5) is 5.95 Å². The van der Waals surface area contributed by atoms with Gasteiger partial charge in [-0.3, -0.25) is 9.78 Å². The van der Waals surface area contributed by atoms with Crippen molar-refractivity contribution >= 4 is 17.0 Å². The minimum absolute atomic E-state index is 0.139. The molecule has 1 aromatic carbocycles. The highest BCUT2D eigenvalue weighted by Crippen LogP contribution is 2.46. The molecule has 0 atom stereocenters. The number of aromatic amines is 1. The topological polar surface area (TPSA) is 76.0 Å². The first-order valence-electron chi connectivity index (χ1n) is 10.2. The number of nitrogens with one attached hydrogen (secondary N) is 1. The number of aromatic nitrogens is 4. The molecule has 3 heterocycles. The molecule has 2 aromatic heterocycles. The Hall–Kier alpha value is -2.67. The number of hydrogen-bond acceptors (Lipinski definition) is 5. The molecule has 0 spiro atoms. The molecule has 144 valence electrons. The summed E-state index contributed by atoms with van der Waals surface area (Å²) in [6.45, 7) is 2.75. The van der Waals surface area contributed by atoms with E-state index in [1.54, 1.807) is 0 Å². The fourth-order valence-corrected chi connectivity index (χ4v) is 4.13. The standard InChI is InChI=1S/C21H23N5O2/c27-20-17-12-26(24-19(17)22-21(23-20)25-7-9-28-10-8-25)18-6-5-15(13-1-2-13)11-16(18)14-3-4-14/h5-6,11-14H,1-4,7-10H2,(H,22,23,24,27). The molecule has 7 nitrogen and oxygen atoms in total. The van der Waals surface area contributed by atoms with Crippen LogP contribution in [0.25, 0.3) is 16.7 Å². The Labute approximate surface area is 162 Å². The SMILES string of the molecule is O=c1[nH]c(N2CCOCC2)nc2nn(-c3ccc(C4CC4)cc3C3CC3)cc12. The first-order chi connectivity index (χ1) is 13.8. The van der Waals surface area contributed by atoms with Crippen molar-refractivity contribution < 1.29 is 4.74 Å². The molecular formula is C21H23N5O2. The van der Waals surface area contributed by atoms with Gasteiger partial charge in [-0.15, -0.1) is 5.10 Å². The second-order valence-electron chi connectivity index (χ2n) is 8.17. The molecule has 3 fully saturated rings. The van der Waals surface area contributed by atoms with Crippen LogP contribution in [0.5, 0.6) is 0 Å². The van der Waals surface area contributed by atoms with Crippen molar-refractivity contribution in [3.8, 4) is 5.69 Å². The van der Waals surface area contributed by atoms with Gasteiger partial charge in [0, 0.05) is 19.3 Å². The third-order valence-corrected chi connectivity index (χ3v) is 6.05. The lowest BCUT2D eigenvalue weighted by Gasteiger charge is -2.26. The van der Waals surface area contributed by atoms with Gasteiger partial charge in [-0.1, -0.05) is 12.1 Å². The van der Waals surface area contributed by atoms with Gasteiger partial charge in [-0.05, 0) is 54.7 Å². The van der Waals surface area contributed by atoms with E-state index in [2.05, 4.69) is 33.3 Å². The van der Waals surface area contributed by atoms with E-state index in [0.717, 1.165) is 24.7 Å². The Morgan fingerprint density at radius 3 is 2.61 bits per heavy atom. The predicted octanol–water partition coefficient (Wildman–Crippen LogP) is 2.70. The van der Waals surface area contributed by atoms with Gasteiger partial charge >= 0.3 is 0 Å². The molecule has 6 rings (SSSR count). The fourth-order valence-electron chi connectivity index (χ4n) is 4.13. The van der Waals surface area contributed by atoms with Crippen LogP contribution in [-0.4, -0.2) is 46.1 Å². The molecule has 1 saturated heterocycles. The summed E-state index contributed by atoms with van der Waals surface area (Å²) >= 11 is 0. The number of hydrogen-bond donors (Lipinski definition) is 1. The Morgan fingerprint density at radius 1 is 1.07 bits per heavy atom. The summed E-state index contributed by atoms with van der Waals surface area (Å²) in [7, 11) is 0. The smallest absolute Gasteiger partial charge is 0.263 e. The van der Waals surface area contributed by atoms with Crippen LogP contribution in [-0.2, 0) is 4.74 Å². The zero-order chi connectivity index (χ0) is 18.7. The predicted molar refractivity (Wildman–Crippen MR) is 106 cm³/mol. The monoisotopic (exact) mass is 377 g/mol. The summed E-state index contributed by atoms with van der Waals surface area (Å²) in [5.74, 6) is 1.94. The summed E-state index contributed by atoms with van der Waals surface area (Å²) < 4.78 is 7.24. The van der Waals surface area contributed by atoms with E-state index >= 15 is 0 Å². The molecule has 2 saturated carbocycles. The van der Waals surface area contributed by atoms with Gasteiger partial charge in [-0.2, -0.15) is 4.98 Å². The van der Waals surface area contributed by atoms with Crippen molar-refractivity contribution in [1.29, 1.82) is 0 Å². The van der Waals surface area contributed by atoms with E-state index in [0.29, 0.717) is 36.1 Å². The van der Waals surface area contributed by atoms with Crippen molar-refractivity contribution in [2.75, 3.05) is 31.2 Å². The zero-order valence-corrected chi connectivity index (χ0v) is 15.7. The van der Waals surface area contributed by atoms with E-state index in [9.17, 15) is 4.79 Å². The Kier molecular flexibility index (Phi) is 3.59. The van der Waals surface area contributed by atoms with Gasteiger partial charge in [-0.25, -0.2) is 4.68 Å². The number of ether oxygens (including phenoxy) is 1. The Morgan fingerprint density at radius 2 is 1.86 bits per heavy atom. The van der Waals surface area contributed by atoms with E-state index < -0.39 is 0 Å². The Balaban J connectivity index is 1.43. The molecule has 2 aliphatic carbocycles. The lowest BCUT2D eigenvalue weighted by Crippen LogP contribution is -2.38. The van der Waals surface area contributed by atoms with Crippen LogP contribution in [0.3, 0.4) is 0 Å². The van der Waals surface area contributed by atoms with Gasteiger partial charge in [0.2, 0.25) is 5.95 Å². The number of rotatable bonds is 4. The summed E-state index contributed by atoms with van der Waals surface area (Å²) in [4.78, 5) is 22.3. The molecule has 1 N–H and O–H groups in total. The largest absolute Gasteiger partial charge is 0.378 e. The average Bonchev–Trinajstić information content (AvgIpc) is 3.65. The summed E-state index contributed by atoms with van der Waals surface area (Å²) in [5, 5.41) is 5.22. The normalized spacial score (nSPS) is 20.1. The highest BCUT2D eigenvalue weighted by atomic mass is 16.5. The molecular weight excluding hydrogens is 354 g/mol. The maximum atomic E-state index is 12.7. The minimum Gasteiger partial charge on any atom is -0.378 e. The van der Waals surface area contributed by atoms with Gasteiger partial charge in [0.05, 0.1) is 18.9 Å². The first kappa shape index (κ1) is 16.3. The quantitative estimate of drug-likeness (QED) is 0.757. The number of fused-ring (bicyclic) bond motifs is 1. The third kappa shape index (κ3) is 2.81. The minimum atomic E-state index is -0.139. The van der Waals surface area contributed by atoms with Crippen molar-refractivity contribution in [2.45, 2.75) is 37.5 Å². The van der Waals surface area contributed by atoms with Crippen molar-refractivity contribution in [1.82, 2.24) is 19.7 Å². The van der Waals surface area contributed by atoms with Crippen molar-refractivity contribution in [3.63, 3.8) is 0 Å². The van der Waals surface area contributed by atoms with Crippen LogP contribution in [0.1, 0.15) is 48.6 Å². The molecule has 28 heavy (non-hydrogen) atoms. The third-order valence-electron chi connectivity index (χ3n) is 6.05. The number of anilines is 1. The average molecular weight is 377 g/mol. The molecule has 0 unspecified atom stereocenters. The van der Waals surface area contributed by atoms with Crippen LogP contribution in [0.15, 0.2) is 29.2 Å². The molecule has 0 bridgehead atoms. The van der Waals surface area contributed by atoms with Gasteiger partial charge in [0.15, 0.2) is 5.65 Å². The van der Waals surface area contributed by atoms with E-state index in [1.807, 2.05) is 15.8 Å². The second kappa shape index (κ2) is 6.17. The van der Waals surface area contributed by atoms with Gasteiger partial charge in [0.1, 0.15) is 5.39 Å². The summed E-state index contributed by atoms with van der Waals surface area (Å²) in [6.07, 6.45) is 6.91. The van der Waals surface area contributed by atoms with Crippen molar-refractivity contribution in [3.05, 3.63) is 45.9 Å². The van der Waals surface area contributed by atoms with E-state index in [1.165, 1.54) is 36.8 Å².